The Balaban J connectivity index is 1.85. The summed E-state index contributed by atoms with van der Waals surface area (Å²) in [5.74, 6) is 1.00. The maximum absolute atomic E-state index is 13.0. The van der Waals surface area contributed by atoms with E-state index in [0.29, 0.717) is 41.0 Å². The second-order valence-corrected chi connectivity index (χ2v) is 8.22. The Morgan fingerprint density at radius 3 is 2.50 bits per heavy atom. The van der Waals surface area contributed by atoms with Crippen molar-refractivity contribution in [3.8, 4) is 11.5 Å². The average Bonchev–Trinajstić information content (AvgIpc) is 3.07. The smallest absolute Gasteiger partial charge is 0.258 e. The van der Waals surface area contributed by atoms with Gasteiger partial charge in [-0.25, -0.2) is 0 Å². The van der Waals surface area contributed by atoms with E-state index in [2.05, 4.69) is 20.7 Å². The van der Waals surface area contributed by atoms with Crippen LogP contribution in [0.4, 0.5) is 5.69 Å². The van der Waals surface area contributed by atoms with E-state index in [1.165, 1.54) is 7.11 Å². The maximum atomic E-state index is 13.0. The van der Waals surface area contributed by atoms with Crippen LogP contribution >= 0.6 is 11.6 Å². The Morgan fingerprint density at radius 1 is 1.12 bits per heavy atom. The highest BCUT2D eigenvalue weighted by atomic mass is 35.5. The van der Waals surface area contributed by atoms with E-state index in [1.807, 2.05) is 50.7 Å². The van der Waals surface area contributed by atoms with Crippen LogP contribution in [0.25, 0.3) is 0 Å². The minimum absolute atomic E-state index is 0.323. The maximum Gasteiger partial charge on any atom is 0.258 e. The van der Waals surface area contributed by atoms with Gasteiger partial charge >= 0.3 is 0 Å². The van der Waals surface area contributed by atoms with Gasteiger partial charge in [-0.2, -0.15) is 5.10 Å². The number of aryl methyl sites for hydroxylation is 2. The molecule has 0 radical (unpaired) electrons. The number of nitrogens with one attached hydrogen (secondary N) is 2. The Bertz CT molecular complexity index is 1220. The van der Waals surface area contributed by atoms with Crippen LogP contribution in [0.5, 0.6) is 11.5 Å². The molecule has 1 amide bonds. The second kappa shape index (κ2) is 11.1. The Labute approximate surface area is 204 Å². The molecule has 0 aliphatic heterocycles. The van der Waals surface area contributed by atoms with Crippen LogP contribution in [0.3, 0.4) is 0 Å². The first-order valence-corrected chi connectivity index (χ1v) is 11.2. The molecule has 3 rings (SSSR count). The normalized spacial score (nSPS) is 11.3. The minimum atomic E-state index is -0.333. The predicted molar refractivity (Wildman–Crippen MR) is 136 cm³/mol. The molecule has 1 aromatic heterocycles. The first kappa shape index (κ1) is 25.1. The average molecular weight is 484 g/mol. The Kier molecular flexibility index (Phi) is 8.17. The largest absolute Gasteiger partial charge is 0.493 e. The third-order valence-electron chi connectivity index (χ3n) is 5.69. The number of aromatic nitrogens is 2. The van der Waals surface area contributed by atoms with Crippen LogP contribution in [0, 0.1) is 20.8 Å². The van der Waals surface area contributed by atoms with E-state index >= 15 is 0 Å². The van der Waals surface area contributed by atoms with Crippen LogP contribution in [0.1, 0.15) is 32.9 Å². The van der Waals surface area contributed by atoms with Gasteiger partial charge in [0.15, 0.2) is 11.5 Å². The molecule has 0 unspecified atom stereocenters. The lowest BCUT2D eigenvalue weighted by Crippen LogP contribution is -2.36. The molecule has 1 heterocycles. The van der Waals surface area contributed by atoms with E-state index in [0.717, 1.165) is 28.2 Å². The van der Waals surface area contributed by atoms with E-state index in [-0.39, 0.29) is 5.91 Å². The molecule has 2 aromatic carbocycles. The topological polar surface area (TPSA) is 89.8 Å². The van der Waals surface area contributed by atoms with Gasteiger partial charge in [0.25, 0.3) is 5.91 Å². The number of rotatable bonds is 7. The number of benzene rings is 2. The van der Waals surface area contributed by atoms with Crippen molar-refractivity contribution in [1.29, 1.82) is 0 Å². The van der Waals surface area contributed by atoms with Crippen LogP contribution in [0.2, 0.25) is 5.02 Å². The third-order valence-corrected chi connectivity index (χ3v) is 6.10. The quantitative estimate of drug-likeness (QED) is 0.382. The molecule has 0 aliphatic rings. The summed E-state index contributed by atoms with van der Waals surface area (Å²) in [4.78, 5) is 17.7. The minimum Gasteiger partial charge on any atom is -0.493 e. The number of ether oxygens (including phenoxy) is 2. The molecule has 0 saturated heterocycles. The third kappa shape index (κ3) is 5.69. The molecule has 3 aromatic rings. The van der Waals surface area contributed by atoms with Crippen molar-refractivity contribution in [3.63, 3.8) is 0 Å². The van der Waals surface area contributed by atoms with Gasteiger partial charge in [0, 0.05) is 35.6 Å². The molecular formula is C25H30ClN5O3. The molecule has 2 N–H and O–H groups in total. The molecule has 0 aliphatic carbocycles. The van der Waals surface area contributed by atoms with Gasteiger partial charge in [-0.1, -0.05) is 17.7 Å². The Hall–Kier alpha value is -3.52. The first-order chi connectivity index (χ1) is 16.2. The fraction of sp³-hybridized carbons (Fsp3) is 0.320. The summed E-state index contributed by atoms with van der Waals surface area (Å²) in [7, 11) is 5.00. The molecule has 0 spiro atoms. The van der Waals surface area contributed by atoms with Crippen LogP contribution in [-0.4, -0.2) is 42.4 Å². The van der Waals surface area contributed by atoms with E-state index < -0.39 is 0 Å². The molecule has 180 valence electrons. The molecular weight excluding hydrogens is 454 g/mol. The molecule has 0 fully saturated rings. The summed E-state index contributed by atoms with van der Waals surface area (Å²) >= 11 is 6.28. The van der Waals surface area contributed by atoms with Gasteiger partial charge in [0.1, 0.15) is 0 Å². The number of guanidine groups is 1. The molecule has 9 heteroatoms. The number of anilines is 1. The van der Waals surface area contributed by atoms with E-state index in [9.17, 15) is 4.79 Å². The number of hydrogen-bond acceptors (Lipinski definition) is 5. The summed E-state index contributed by atoms with van der Waals surface area (Å²) in [6.45, 7) is 6.38. The highest BCUT2D eigenvalue weighted by Crippen LogP contribution is 2.27. The number of nitrogens with zero attached hydrogens (tertiary/aromatic N) is 3. The molecule has 8 nitrogen and oxygen atoms in total. The second-order valence-electron chi connectivity index (χ2n) is 7.81. The van der Waals surface area contributed by atoms with Gasteiger partial charge in [-0.3, -0.25) is 19.8 Å². The summed E-state index contributed by atoms with van der Waals surface area (Å²) < 4.78 is 12.4. The van der Waals surface area contributed by atoms with Crippen LogP contribution < -0.4 is 20.1 Å². The molecule has 0 bridgehead atoms. The molecule has 0 atom stereocenters. The number of methoxy groups -OCH3 is 2. The van der Waals surface area contributed by atoms with Crippen molar-refractivity contribution in [2.75, 3.05) is 26.1 Å². The molecule has 34 heavy (non-hydrogen) atoms. The number of hydrogen-bond donors (Lipinski definition) is 2. The highest BCUT2D eigenvalue weighted by molar-refractivity contribution is 6.31. The lowest BCUT2D eigenvalue weighted by molar-refractivity contribution is 0.0976. The summed E-state index contributed by atoms with van der Waals surface area (Å²) in [5.41, 5.74) is 5.25. The van der Waals surface area contributed by atoms with Gasteiger partial charge in [-0.05, 0) is 68.7 Å². The van der Waals surface area contributed by atoms with E-state index in [4.69, 9.17) is 21.1 Å². The van der Waals surface area contributed by atoms with Crippen LogP contribution in [0.15, 0.2) is 41.4 Å². The lowest BCUT2D eigenvalue weighted by atomic mass is 10.1. The lowest BCUT2D eigenvalue weighted by Gasteiger charge is -2.15. The van der Waals surface area contributed by atoms with Gasteiger partial charge < -0.3 is 14.8 Å². The van der Waals surface area contributed by atoms with Gasteiger partial charge in [0.05, 0.1) is 19.9 Å². The summed E-state index contributed by atoms with van der Waals surface area (Å²) in [5, 5.41) is 11.2. The monoisotopic (exact) mass is 483 g/mol. The van der Waals surface area contributed by atoms with Crippen molar-refractivity contribution in [2.24, 2.45) is 12.0 Å². The van der Waals surface area contributed by atoms with Crippen molar-refractivity contribution >= 4 is 29.2 Å². The fourth-order valence-electron chi connectivity index (χ4n) is 3.60. The standard InChI is InChI=1S/C25H30ClN5O3/c1-15-20(26)8-7-9-21(15)28-25(27-13-12-19-16(2)30-31(4)17(19)3)29-24(32)18-10-11-22(33-5)23(14-18)34-6/h7-11,14H,12-13H2,1-6H3,(H2,27,28,29,32). The van der Waals surface area contributed by atoms with Crippen molar-refractivity contribution in [2.45, 2.75) is 27.2 Å². The highest BCUT2D eigenvalue weighted by Gasteiger charge is 2.15. The van der Waals surface area contributed by atoms with E-state index in [1.54, 1.807) is 25.3 Å². The zero-order valence-corrected chi connectivity index (χ0v) is 21.1. The fourth-order valence-corrected chi connectivity index (χ4v) is 3.77. The summed E-state index contributed by atoms with van der Waals surface area (Å²) in [6.07, 6.45) is 0.692. The van der Waals surface area contributed by atoms with Crippen molar-refractivity contribution < 1.29 is 14.3 Å². The number of carbonyl (C=O) groups is 1. The number of carbonyl (C=O) groups excluding carboxylic acids is 1. The van der Waals surface area contributed by atoms with Gasteiger partial charge in [0.2, 0.25) is 5.96 Å². The zero-order valence-electron chi connectivity index (χ0n) is 20.3. The summed E-state index contributed by atoms with van der Waals surface area (Å²) in [6, 6.07) is 10.5. The number of amides is 1. The first-order valence-electron chi connectivity index (χ1n) is 10.8. The zero-order chi connectivity index (χ0) is 24.8. The number of halogens is 1. The molecule has 0 saturated carbocycles. The van der Waals surface area contributed by atoms with Gasteiger partial charge in [-0.15, -0.1) is 0 Å². The Morgan fingerprint density at radius 2 is 1.85 bits per heavy atom. The SMILES string of the molecule is COc1ccc(C(=O)NC(=NCCc2c(C)nn(C)c2C)Nc2cccc(Cl)c2C)cc1OC. The van der Waals surface area contributed by atoms with Crippen LogP contribution in [-0.2, 0) is 13.5 Å². The predicted octanol–water partition coefficient (Wildman–Crippen LogP) is 4.46. The van der Waals surface area contributed by atoms with Crippen molar-refractivity contribution in [1.82, 2.24) is 15.1 Å². The van der Waals surface area contributed by atoms with Crippen molar-refractivity contribution in [3.05, 3.63) is 69.5 Å². The number of aliphatic imine (C=N–C) groups is 1.